The fraction of sp³-hybridized carbons (Fsp3) is 0.875. The van der Waals surface area contributed by atoms with Gasteiger partial charge >= 0.3 is 0 Å². The largest absolute Gasteiger partial charge is 0.287 e. The van der Waals surface area contributed by atoms with Gasteiger partial charge < -0.3 is 0 Å². The van der Waals surface area contributed by atoms with Crippen molar-refractivity contribution in [1.29, 1.82) is 5.26 Å². The molecule has 70 valence electrons. The van der Waals surface area contributed by atoms with Crippen LogP contribution in [-0.4, -0.2) is 19.3 Å². The van der Waals surface area contributed by atoms with E-state index in [0.717, 1.165) is 12.8 Å². The Bertz CT molecular complexity index is 410. The smallest absolute Gasteiger partial charge is 0.265 e. The highest BCUT2D eigenvalue weighted by molar-refractivity contribution is 7.88. The molecule has 4 unspecified atom stereocenters. The molecule has 0 spiro atoms. The van der Waals surface area contributed by atoms with Crippen LogP contribution in [0.2, 0.25) is 0 Å². The van der Waals surface area contributed by atoms with Gasteiger partial charge in [-0.1, -0.05) is 0 Å². The van der Waals surface area contributed by atoms with Crippen LogP contribution in [0, 0.1) is 23.2 Å². The van der Waals surface area contributed by atoms with E-state index < -0.39 is 14.9 Å². The maximum absolute atomic E-state index is 11.6. The van der Waals surface area contributed by atoms with Crippen molar-refractivity contribution in [2.45, 2.75) is 30.1 Å². The number of rotatable bonds is 0. The van der Waals surface area contributed by atoms with Gasteiger partial charge in [-0.05, 0) is 25.2 Å². The first-order valence-corrected chi connectivity index (χ1v) is 5.84. The zero-order valence-corrected chi connectivity index (χ0v) is 7.75. The van der Waals surface area contributed by atoms with Gasteiger partial charge in [0.05, 0.1) is 12.2 Å². The van der Waals surface area contributed by atoms with Gasteiger partial charge in [0.25, 0.3) is 10.1 Å². The van der Waals surface area contributed by atoms with Gasteiger partial charge in [0.15, 0.2) is 4.75 Å². The fourth-order valence-corrected chi connectivity index (χ4v) is 5.04. The van der Waals surface area contributed by atoms with E-state index in [4.69, 9.17) is 9.44 Å². The molecule has 3 fully saturated rings. The SMILES string of the molecule is N#CC12CC3CC(OS1(=O)=O)C2C3. The first kappa shape index (κ1) is 7.77. The van der Waals surface area contributed by atoms with E-state index in [2.05, 4.69) is 0 Å². The Morgan fingerprint density at radius 1 is 1.46 bits per heavy atom. The predicted molar refractivity (Wildman–Crippen MR) is 43.0 cm³/mol. The number of hydrogen-bond acceptors (Lipinski definition) is 4. The molecular weight excluding hydrogens is 190 g/mol. The highest BCUT2D eigenvalue weighted by atomic mass is 32.2. The maximum atomic E-state index is 11.6. The third-order valence-corrected chi connectivity index (χ3v) is 5.63. The van der Waals surface area contributed by atoms with E-state index in [9.17, 15) is 8.42 Å². The van der Waals surface area contributed by atoms with E-state index in [1.165, 1.54) is 0 Å². The van der Waals surface area contributed by atoms with Crippen molar-refractivity contribution in [3.8, 4) is 6.07 Å². The Kier molecular flexibility index (Phi) is 1.14. The van der Waals surface area contributed by atoms with Gasteiger partial charge in [-0.25, -0.2) is 0 Å². The van der Waals surface area contributed by atoms with Gasteiger partial charge in [0.2, 0.25) is 0 Å². The molecule has 2 saturated carbocycles. The second-order valence-electron chi connectivity index (χ2n) is 4.24. The van der Waals surface area contributed by atoms with Crippen molar-refractivity contribution in [3.05, 3.63) is 0 Å². The lowest BCUT2D eigenvalue weighted by Gasteiger charge is -2.20. The molecule has 3 rings (SSSR count). The van der Waals surface area contributed by atoms with Crippen LogP contribution in [0.15, 0.2) is 0 Å². The lowest BCUT2D eigenvalue weighted by molar-refractivity contribution is 0.189. The number of fused-ring (bicyclic) bond motifs is 1. The highest BCUT2D eigenvalue weighted by Gasteiger charge is 2.70. The molecule has 5 heteroatoms. The average Bonchev–Trinajstić information content (AvgIpc) is 2.61. The molecule has 2 aliphatic carbocycles. The maximum Gasteiger partial charge on any atom is 0.287 e. The standard InChI is InChI=1S/C8H9NO3S/c9-4-8-3-5-1-6(8)7(2-5)12-13(8,10)11/h5-7H,1-3H2. The lowest BCUT2D eigenvalue weighted by Crippen LogP contribution is -2.37. The molecule has 4 atom stereocenters. The summed E-state index contributed by atoms with van der Waals surface area (Å²) < 4.78 is 27.0. The number of nitriles is 1. The Labute approximate surface area is 76.6 Å². The molecule has 0 aromatic rings. The summed E-state index contributed by atoms with van der Waals surface area (Å²) in [5, 5.41) is 8.99. The third-order valence-electron chi connectivity index (χ3n) is 3.68. The molecule has 2 bridgehead atoms. The first-order chi connectivity index (χ1) is 6.09. The zero-order valence-electron chi connectivity index (χ0n) is 6.93. The molecule has 0 aromatic carbocycles. The van der Waals surface area contributed by atoms with E-state index in [-0.39, 0.29) is 12.0 Å². The van der Waals surface area contributed by atoms with Crippen LogP contribution in [0.3, 0.4) is 0 Å². The third kappa shape index (κ3) is 0.649. The molecule has 0 aromatic heterocycles. The Morgan fingerprint density at radius 2 is 2.23 bits per heavy atom. The molecule has 3 aliphatic rings. The van der Waals surface area contributed by atoms with Gasteiger partial charge in [-0.15, -0.1) is 0 Å². The van der Waals surface area contributed by atoms with Crippen LogP contribution in [0.4, 0.5) is 0 Å². The highest BCUT2D eigenvalue weighted by Crippen LogP contribution is 2.60. The number of nitrogens with zero attached hydrogens (tertiary/aromatic N) is 1. The molecule has 1 aliphatic heterocycles. The van der Waals surface area contributed by atoms with E-state index in [1.54, 1.807) is 0 Å². The molecule has 13 heavy (non-hydrogen) atoms. The normalized spacial score (nSPS) is 55.2. The van der Waals surface area contributed by atoms with Crippen molar-refractivity contribution in [3.63, 3.8) is 0 Å². The topological polar surface area (TPSA) is 67.2 Å². The van der Waals surface area contributed by atoms with Crippen LogP contribution in [-0.2, 0) is 14.3 Å². The summed E-state index contributed by atoms with van der Waals surface area (Å²) in [5.74, 6) is 0.347. The monoisotopic (exact) mass is 199 g/mol. The summed E-state index contributed by atoms with van der Waals surface area (Å²) in [7, 11) is -3.60. The average molecular weight is 199 g/mol. The summed E-state index contributed by atoms with van der Waals surface area (Å²) in [4.78, 5) is 0. The van der Waals surface area contributed by atoms with Crippen LogP contribution in [0.25, 0.3) is 0 Å². The quantitative estimate of drug-likeness (QED) is 0.530. The molecule has 1 heterocycles. The summed E-state index contributed by atoms with van der Waals surface area (Å²) in [5.41, 5.74) is 0. The summed E-state index contributed by atoms with van der Waals surface area (Å²) in [6, 6.07) is 1.98. The predicted octanol–water partition coefficient (Wildman–Crippen LogP) is 0.407. The molecule has 0 N–H and O–H groups in total. The fourth-order valence-electron chi connectivity index (χ4n) is 3.16. The van der Waals surface area contributed by atoms with Crippen molar-refractivity contribution in [2.24, 2.45) is 11.8 Å². The molecule has 4 nitrogen and oxygen atoms in total. The van der Waals surface area contributed by atoms with Crippen molar-refractivity contribution < 1.29 is 12.6 Å². The molecule has 0 radical (unpaired) electrons. The molecular formula is C8H9NO3S. The van der Waals surface area contributed by atoms with Gasteiger partial charge in [0.1, 0.15) is 0 Å². The zero-order chi connectivity index (χ0) is 9.27. The minimum atomic E-state index is -3.60. The van der Waals surface area contributed by atoms with E-state index in [1.807, 2.05) is 6.07 Å². The van der Waals surface area contributed by atoms with Crippen LogP contribution in [0.1, 0.15) is 19.3 Å². The van der Waals surface area contributed by atoms with Gasteiger partial charge in [-0.3, -0.25) is 4.18 Å². The van der Waals surface area contributed by atoms with Gasteiger partial charge in [0, 0.05) is 5.92 Å². The van der Waals surface area contributed by atoms with Crippen LogP contribution < -0.4 is 0 Å². The van der Waals surface area contributed by atoms with Gasteiger partial charge in [-0.2, -0.15) is 13.7 Å². The van der Waals surface area contributed by atoms with Crippen molar-refractivity contribution >= 4 is 10.1 Å². The minimum absolute atomic E-state index is 0.0486. The van der Waals surface area contributed by atoms with Crippen LogP contribution >= 0.6 is 0 Å². The molecule has 0 amide bonds. The second kappa shape index (κ2) is 1.91. The van der Waals surface area contributed by atoms with E-state index >= 15 is 0 Å². The Morgan fingerprint density at radius 3 is 2.77 bits per heavy atom. The second-order valence-corrected chi connectivity index (χ2v) is 6.07. The minimum Gasteiger partial charge on any atom is -0.265 e. The van der Waals surface area contributed by atoms with Crippen LogP contribution in [0.5, 0.6) is 0 Å². The van der Waals surface area contributed by atoms with Crippen molar-refractivity contribution in [1.82, 2.24) is 0 Å². The summed E-state index contributed by atoms with van der Waals surface area (Å²) in [6.07, 6.45) is 1.99. The number of hydrogen-bond donors (Lipinski definition) is 0. The molecule has 1 saturated heterocycles. The Hall–Kier alpha value is -0.600. The van der Waals surface area contributed by atoms with Crippen molar-refractivity contribution in [2.75, 3.05) is 0 Å². The summed E-state index contributed by atoms with van der Waals surface area (Å²) in [6.45, 7) is 0. The lowest BCUT2D eigenvalue weighted by atomic mass is 9.87. The summed E-state index contributed by atoms with van der Waals surface area (Å²) >= 11 is 0. The Balaban J connectivity index is 2.25. The van der Waals surface area contributed by atoms with E-state index in [0.29, 0.717) is 12.3 Å². The first-order valence-electron chi connectivity index (χ1n) is 4.43.